The highest BCUT2D eigenvalue weighted by molar-refractivity contribution is 5.09. The Morgan fingerprint density at radius 2 is 0.750 bits per heavy atom. The van der Waals surface area contributed by atoms with E-state index in [-0.39, 0.29) is 0 Å². The van der Waals surface area contributed by atoms with Crippen LogP contribution in [0.3, 0.4) is 0 Å². The molecule has 0 N–H and O–H groups in total. The average Bonchev–Trinajstić information content (AvgIpc) is 3.18. The van der Waals surface area contributed by atoms with Crippen LogP contribution in [0.1, 0.15) is 64.2 Å². The molecule has 20 heavy (non-hydrogen) atoms. The van der Waals surface area contributed by atoms with E-state index in [1.807, 2.05) is 0 Å². The van der Waals surface area contributed by atoms with Crippen LogP contribution in [0.15, 0.2) is 0 Å². The van der Waals surface area contributed by atoms with Crippen molar-refractivity contribution in [1.82, 2.24) is 0 Å². The molecule has 6 aliphatic rings. The van der Waals surface area contributed by atoms with Gasteiger partial charge in [-0.3, -0.25) is 0 Å². The third-order valence-electron chi connectivity index (χ3n) is 9.52. The molecule has 0 bridgehead atoms. The molecule has 6 fully saturated rings. The maximum atomic E-state index is 1.68. The summed E-state index contributed by atoms with van der Waals surface area (Å²) in [6.45, 7) is 0. The molecule has 0 spiro atoms. The van der Waals surface area contributed by atoms with Crippen molar-refractivity contribution in [1.29, 1.82) is 0 Å². The van der Waals surface area contributed by atoms with Gasteiger partial charge in [-0.1, -0.05) is 0 Å². The Morgan fingerprint density at radius 1 is 0.350 bits per heavy atom. The monoisotopic (exact) mass is 270 g/mol. The largest absolute Gasteiger partial charge is 0.0499 e. The van der Waals surface area contributed by atoms with Crippen LogP contribution in [0.5, 0.6) is 0 Å². The fraction of sp³-hybridized carbons (Fsp3) is 1.00. The molecule has 0 saturated heterocycles. The van der Waals surface area contributed by atoms with Gasteiger partial charge in [-0.25, -0.2) is 0 Å². The minimum absolute atomic E-state index is 1.19. The van der Waals surface area contributed by atoms with Gasteiger partial charge in [-0.05, 0) is 123 Å². The van der Waals surface area contributed by atoms with E-state index < -0.39 is 0 Å². The summed E-state index contributed by atoms with van der Waals surface area (Å²) in [6.07, 6.45) is 16.3. The molecule has 0 aromatic heterocycles. The maximum Gasteiger partial charge on any atom is -0.0326 e. The van der Waals surface area contributed by atoms with Gasteiger partial charge in [-0.15, -0.1) is 0 Å². The Bertz CT molecular complexity index is 386. The predicted octanol–water partition coefficient (Wildman–Crippen LogP) is 5.13. The first kappa shape index (κ1) is 11.6. The summed E-state index contributed by atoms with van der Waals surface area (Å²) >= 11 is 0. The molecule has 0 aliphatic heterocycles. The van der Waals surface area contributed by atoms with E-state index in [0.717, 1.165) is 0 Å². The summed E-state index contributed by atoms with van der Waals surface area (Å²) in [5, 5.41) is 0. The molecule has 110 valence electrons. The fourth-order valence-corrected chi connectivity index (χ4v) is 9.25. The van der Waals surface area contributed by atoms with E-state index in [2.05, 4.69) is 0 Å². The third-order valence-corrected chi connectivity index (χ3v) is 9.52. The van der Waals surface area contributed by atoms with Gasteiger partial charge < -0.3 is 0 Å². The van der Waals surface area contributed by atoms with Crippen molar-refractivity contribution >= 4 is 0 Å². The van der Waals surface area contributed by atoms with E-state index >= 15 is 0 Å². The van der Waals surface area contributed by atoms with Crippen molar-refractivity contribution in [3.63, 3.8) is 0 Å². The first-order valence-corrected chi connectivity index (χ1v) is 9.90. The lowest BCUT2D eigenvalue weighted by atomic mass is 9.75. The predicted molar refractivity (Wildman–Crippen MR) is 81.1 cm³/mol. The van der Waals surface area contributed by atoms with Crippen LogP contribution in [-0.2, 0) is 0 Å². The zero-order valence-electron chi connectivity index (χ0n) is 12.8. The fourth-order valence-electron chi connectivity index (χ4n) is 9.25. The molecule has 0 amide bonds. The molecule has 10 atom stereocenters. The van der Waals surface area contributed by atoms with Gasteiger partial charge in [0.2, 0.25) is 0 Å². The van der Waals surface area contributed by atoms with Gasteiger partial charge in [0.25, 0.3) is 0 Å². The lowest BCUT2D eigenvalue weighted by Gasteiger charge is -2.30. The Balaban J connectivity index is 1.31. The smallest absolute Gasteiger partial charge is 0.0326 e. The van der Waals surface area contributed by atoms with Crippen molar-refractivity contribution in [3.8, 4) is 0 Å². The Kier molecular flexibility index (Phi) is 2.22. The quantitative estimate of drug-likeness (QED) is 0.619. The second kappa shape index (κ2) is 3.85. The highest BCUT2D eigenvalue weighted by Gasteiger charge is 2.60. The van der Waals surface area contributed by atoms with Crippen LogP contribution >= 0.6 is 0 Å². The maximum absolute atomic E-state index is 1.68. The number of hydrogen-bond donors (Lipinski definition) is 0. The normalized spacial score (nSPS) is 66.0. The Hall–Kier alpha value is 0. The first-order chi connectivity index (χ1) is 9.90. The Morgan fingerprint density at radius 3 is 1.25 bits per heavy atom. The van der Waals surface area contributed by atoms with Crippen molar-refractivity contribution in [2.24, 2.45) is 59.2 Å². The number of rotatable bonds is 1. The van der Waals surface area contributed by atoms with Gasteiger partial charge in [0.05, 0.1) is 0 Å². The molecule has 0 radical (unpaired) electrons. The topological polar surface area (TPSA) is 0 Å². The number of hydrogen-bond acceptors (Lipinski definition) is 0. The third kappa shape index (κ3) is 1.27. The van der Waals surface area contributed by atoms with Crippen molar-refractivity contribution in [2.45, 2.75) is 64.2 Å². The molecule has 0 heteroatoms. The van der Waals surface area contributed by atoms with E-state index in [0.29, 0.717) is 0 Å². The Labute approximate surface area is 124 Å². The van der Waals surface area contributed by atoms with Crippen LogP contribution in [-0.4, -0.2) is 0 Å². The minimum atomic E-state index is 1.19. The molecular weight excluding hydrogens is 240 g/mol. The molecule has 0 aromatic rings. The second-order valence-corrected chi connectivity index (χ2v) is 9.63. The van der Waals surface area contributed by atoms with Gasteiger partial charge >= 0.3 is 0 Å². The van der Waals surface area contributed by atoms with Gasteiger partial charge in [-0.2, -0.15) is 0 Å². The lowest BCUT2D eigenvalue weighted by molar-refractivity contribution is 0.182. The van der Waals surface area contributed by atoms with Crippen LogP contribution in [0.4, 0.5) is 0 Å². The van der Waals surface area contributed by atoms with Crippen LogP contribution in [0.2, 0.25) is 0 Å². The standard InChI is InChI=1S/C20H30/c1-3-13-9-17(15-7-5-11(1)19(13)15)18-10-14-4-2-12-6-8-16(18)20(12)14/h11-20H,1-10H2/t11-,12-,13-,14+,15+,16+,17+,18-,19-,20+/m0/s1. The molecule has 6 saturated carbocycles. The van der Waals surface area contributed by atoms with Crippen molar-refractivity contribution in [3.05, 3.63) is 0 Å². The summed E-state index contributed by atoms with van der Waals surface area (Å²) in [5.41, 5.74) is 0. The molecule has 6 aliphatic carbocycles. The van der Waals surface area contributed by atoms with Crippen LogP contribution in [0, 0.1) is 59.2 Å². The summed E-state index contributed by atoms with van der Waals surface area (Å²) in [6, 6.07) is 0. The highest BCUT2D eigenvalue weighted by Crippen LogP contribution is 2.68. The van der Waals surface area contributed by atoms with Crippen molar-refractivity contribution in [2.75, 3.05) is 0 Å². The van der Waals surface area contributed by atoms with Gasteiger partial charge in [0.15, 0.2) is 0 Å². The molecule has 0 aromatic carbocycles. The van der Waals surface area contributed by atoms with Gasteiger partial charge in [0, 0.05) is 0 Å². The molecular formula is C20H30. The van der Waals surface area contributed by atoms with E-state index in [1.54, 1.807) is 64.2 Å². The molecule has 0 heterocycles. The van der Waals surface area contributed by atoms with Crippen LogP contribution < -0.4 is 0 Å². The van der Waals surface area contributed by atoms with Crippen molar-refractivity contribution < 1.29 is 0 Å². The summed E-state index contributed by atoms with van der Waals surface area (Å²) in [5.74, 6) is 12.0. The molecule has 0 unspecified atom stereocenters. The molecule has 0 nitrogen and oxygen atoms in total. The summed E-state index contributed by atoms with van der Waals surface area (Å²) in [7, 11) is 0. The molecule has 6 rings (SSSR count). The van der Waals surface area contributed by atoms with Gasteiger partial charge in [0.1, 0.15) is 0 Å². The second-order valence-electron chi connectivity index (χ2n) is 9.63. The minimum Gasteiger partial charge on any atom is -0.0499 e. The average molecular weight is 270 g/mol. The lowest BCUT2D eigenvalue weighted by Crippen LogP contribution is -2.24. The summed E-state index contributed by atoms with van der Waals surface area (Å²) < 4.78 is 0. The first-order valence-electron chi connectivity index (χ1n) is 9.90. The zero-order valence-corrected chi connectivity index (χ0v) is 12.8. The summed E-state index contributed by atoms with van der Waals surface area (Å²) in [4.78, 5) is 0. The zero-order chi connectivity index (χ0) is 12.8. The SMILES string of the molecule is C1C[C@@H]2C[C@H]([C@@H]3C[C@@H]4CC[C@H]5CC[C@H]3[C@@H]54)[C@H]3CC[C@H]1[C@H]23. The van der Waals surface area contributed by atoms with E-state index in [4.69, 9.17) is 0 Å². The highest BCUT2D eigenvalue weighted by atomic mass is 14.7. The van der Waals surface area contributed by atoms with E-state index in [1.165, 1.54) is 59.2 Å². The van der Waals surface area contributed by atoms with Crippen LogP contribution in [0.25, 0.3) is 0 Å². The van der Waals surface area contributed by atoms with E-state index in [9.17, 15) is 0 Å².